The molecule has 168 valence electrons. The highest BCUT2D eigenvalue weighted by Crippen LogP contribution is 2.39. The van der Waals surface area contributed by atoms with E-state index in [2.05, 4.69) is 80.1 Å². The quantitative estimate of drug-likeness (QED) is 0.458. The summed E-state index contributed by atoms with van der Waals surface area (Å²) in [5.41, 5.74) is 10.4. The second-order valence-electron chi connectivity index (χ2n) is 9.99. The van der Waals surface area contributed by atoms with Gasteiger partial charge in [-0.05, 0) is 82.8 Å². The summed E-state index contributed by atoms with van der Waals surface area (Å²) in [7, 11) is 4.40. The SMILES string of the molecule is Cc1c(-c2[nH]c3ccc(C4CCC(N(C)C)CC4)nc3c2C(C)C)cn2ncnc2c1C. The van der Waals surface area contributed by atoms with Crippen LogP contribution in [0.15, 0.2) is 24.7 Å². The van der Waals surface area contributed by atoms with Gasteiger partial charge in [0.1, 0.15) is 6.33 Å². The molecule has 0 bridgehead atoms. The fourth-order valence-electron chi connectivity index (χ4n) is 5.44. The second-order valence-corrected chi connectivity index (χ2v) is 9.99. The number of nitrogens with one attached hydrogen (secondary N) is 1. The first-order chi connectivity index (χ1) is 15.3. The Morgan fingerprint density at radius 1 is 1.06 bits per heavy atom. The summed E-state index contributed by atoms with van der Waals surface area (Å²) in [6.07, 6.45) is 8.67. The van der Waals surface area contributed by atoms with Gasteiger partial charge in [-0.25, -0.2) is 9.50 Å². The normalized spacial score (nSPS) is 19.6. The van der Waals surface area contributed by atoms with Crippen molar-refractivity contribution in [2.45, 2.75) is 71.3 Å². The van der Waals surface area contributed by atoms with E-state index in [1.54, 1.807) is 6.33 Å². The van der Waals surface area contributed by atoms with Gasteiger partial charge in [0.25, 0.3) is 0 Å². The minimum absolute atomic E-state index is 0.358. The number of H-pyrrole nitrogens is 1. The number of hydrogen-bond donors (Lipinski definition) is 1. The van der Waals surface area contributed by atoms with Crippen LogP contribution in [0.5, 0.6) is 0 Å². The van der Waals surface area contributed by atoms with Crippen molar-refractivity contribution in [1.82, 2.24) is 29.5 Å². The minimum atomic E-state index is 0.358. The average molecular weight is 431 g/mol. The average Bonchev–Trinajstić information content (AvgIpc) is 3.40. The lowest BCUT2D eigenvalue weighted by atomic mass is 9.83. The van der Waals surface area contributed by atoms with Gasteiger partial charge in [-0.15, -0.1) is 0 Å². The Bertz CT molecular complexity index is 1270. The molecule has 5 rings (SSSR count). The second kappa shape index (κ2) is 8.00. The van der Waals surface area contributed by atoms with Gasteiger partial charge in [0, 0.05) is 35.0 Å². The summed E-state index contributed by atoms with van der Waals surface area (Å²) in [4.78, 5) is 15.8. The molecule has 0 aromatic carbocycles. The Balaban J connectivity index is 1.60. The van der Waals surface area contributed by atoms with Gasteiger partial charge in [-0.3, -0.25) is 4.98 Å². The van der Waals surface area contributed by atoms with Gasteiger partial charge in [-0.2, -0.15) is 5.10 Å². The maximum absolute atomic E-state index is 5.26. The molecule has 4 aromatic rings. The van der Waals surface area contributed by atoms with E-state index in [0.717, 1.165) is 22.4 Å². The monoisotopic (exact) mass is 430 g/mol. The Hall–Kier alpha value is -2.73. The number of aromatic amines is 1. The van der Waals surface area contributed by atoms with Gasteiger partial charge in [0.05, 0.1) is 16.7 Å². The highest BCUT2D eigenvalue weighted by molar-refractivity contribution is 5.89. The molecule has 1 saturated carbocycles. The maximum Gasteiger partial charge on any atom is 0.158 e. The lowest BCUT2D eigenvalue weighted by Crippen LogP contribution is -2.31. The molecule has 0 saturated heterocycles. The highest BCUT2D eigenvalue weighted by atomic mass is 15.3. The van der Waals surface area contributed by atoms with E-state index in [1.165, 1.54) is 53.6 Å². The molecule has 1 aliphatic rings. The lowest BCUT2D eigenvalue weighted by molar-refractivity contribution is 0.215. The van der Waals surface area contributed by atoms with E-state index < -0.39 is 0 Å². The summed E-state index contributed by atoms with van der Waals surface area (Å²) in [5.74, 6) is 0.918. The molecule has 1 aliphatic carbocycles. The smallest absolute Gasteiger partial charge is 0.158 e. The van der Waals surface area contributed by atoms with Crippen molar-refractivity contribution in [3.05, 3.63) is 47.0 Å². The maximum atomic E-state index is 5.26. The Morgan fingerprint density at radius 3 is 2.50 bits per heavy atom. The standard InChI is InChI=1S/C26H34N6/c1-15(2)23-24(20-13-32-26(27-14-28-32)17(4)16(20)3)30-22-12-11-21(29-25(22)23)18-7-9-19(10-8-18)31(5)6/h11-15,18-19,30H,7-10H2,1-6H3. The molecule has 0 amide bonds. The third-order valence-corrected chi connectivity index (χ3v) is 7.52. The molecule has 4 heterocycles. The fraction of sp³-hybridized carbons (Fsp3) is 0.500. The highest BCUT2D eigenvalue weighted by Gasteiger charge is 2.26. The molecular weight excluding hydrogens is 396 g/mol. The first-order valence-electron chi connectivity index (χ1n) is 11.8. The minimum Gasteiger partial charge on any atom is -0.353 e. The van der Waals surface area contributed by atoms with Crippen molar-refractivity contribution in [2.75, 3.05) is 14.1 Å². The molecule has 1 N–H and O–H groups in total. The van der Waals surface area contributed by atoms with Crippen LogP contribution in [-0.2, 0) is 0 Å². The molecule has 6 nitrogen and oxygen atoms in total. The summed E-state index contributed by atoms with van der Waals surface area (Å²) >= 11 is 0. The van der Waals surface area contributed by atoms with Crippen LogP contribution in [0.25, 0.3) is 27.9 Å². The van der Waals surface area contributed by atoms with E-state index in [0.29, 0.717) is 17.9 Å². The van der Waals surface area contributed by atoms with Gasteiger partial charge in [0.15, 0.2) is 5.65 Å². The predicted octanol–water partition coefficient (Wildman–Crippen LogP) is 5.60. The van der Waals surface area contributed by atoms with Gasteiger partial charge in [0.2, 0.25) is 0 Å². The van der Waals surface area contributed by atoms with Gasteiger partial charge < -0.3 is 9.88 Å². The van der Waals surface area contributed by atoms with Crippen molar-refractivity contribution in [3.63, 3.8) is 0 Å². The van der Waals surface area contributed by atoms with E-state index in [1.807, 2.05) is 4.52 Å². The van der Waals surface area contributed by atoms with Crippen LogP contribution in [-0.4, -0.2) is 49.6 Å². The van der Waals surface area contributed by atoms with E-state index >= 15 is 0 Å². The Labute approximate surface area is 190 Å². The molecule has 6 heteroatoms. The van der Waals surface area contributed by atoms with Crippen molar-refractivity contribution >= 4 is 16.7 Å². The summed E-state index contributed by atoms with van der Waals surface area (Å²) in [6.45, 7) is 8.83. The first kappa shape index (κ1) is 21.1. The number of pyridine rings is 2. The van der Waals surface area contributed by atoms with Crippen LogP contribution in [0.2, 0.25) is 0 Å². The van der Waals surface area contributed by atoms with Crippen LogP contribution in [0.1, 0.15) is 73.8 Å². The van der Waals surface area contributed by atoms with Crippen molar-refractivity contribution < 1.29 is 0 Å². The van der Waals surface area contributed by atoms with E-state index in [9.17, 15) is 0 Å². The number of aromatic nitrogens is 5. The van der Waals surface area contributed by atoms with Crippen LogP contribution in [0.3, 0.4) is 0 Å². The summed E-state index contributed by atoms with van der Waals surface area (Å²) in [6, 6.07) is 5.19. The topological polar surface area (TPSA) is 62.1 Å². The zero-order valence-electron chi connectivity index (χ0n) is 20.1. The molecule has 0 unspecified atom stereocenters. The number of aryl methyl sites for hydroxylation is 1. The van der Waals surface area contributed by atoms with Gasteiger partial charge in [-0.1, -0.05) is 13.8 Å². The Morgan fingerprint density at radius 2 is 1.81 bits per heavy atom. The van der Waals surface area contributed by atoms with Crippen LogP contribution in [0, 0.1) is 13.8 Å². The molecule has 4 aromatic heterocycles. The van der Waals surface area contributed by atoms with E-state index in [4.69, 9.17) is 4.98 Å². The zero-order chi connectivity index (χ0) is 22.6. The molecule has 32 heavy (non-hydrogen) atoms. The summed E-state index contributed by atoms with van der Waals surface area (Å²) < 4.78 is 1.88. The largest absolute Gasteiger partial charge is 0.353 e. The van der Waals surface area contributed by atoms with Crippen molar-refractivity contribution in [2.24, 2.45) is 0 Å². The van der Waals surface area contributed by atoms with Crippen LogP contribution >= 0.6 is 0 Å². The number of rotatable bonds is 4. The molecular formula is C26H34N6. The van der Waals surface area contributed by atoms with Crippen molar-refractivity contribution in [3.8, 4) is 11.3 Å². The molecule has 0 radical (unpaired) electrons. The van der Waals surface area contributed by atoms with Gasteiger partial charge >= 0.3 is 0 Å². The Kier molecular flexibility index (Phi) is 5.28. The first-order valence-corrected chi connectivity index (χ1v) is 11.8. The molecule has 0 atom stereocenters. The number of nitrogens with zero attached hydrogens (tertiary/aromatic N) is 5. The molecule has 1 fully saturated rings. The number of fused-ring (bicyclic) bond motifs is 2. The molecule has 0 aliphatic heterocycles. The predicted molar refractivity (Wildman–Crippen MR) is 130 cm³/mol. The zero-order valence-corrected chi connectivity index (χ0v) is 20.1. The third-order valence-electron chi connectivity index (χ3n) is 7.52. The number of hydrogen-bond acceptors (Lipinski definition) is 4. The lowest BCUT2D eigenvalue weighted by Gasteiger charge is -2.32. The molecule has 0 spiro atoms. The summed E-state index contributed by atoms with van der Waals surface area (Å²) in [5, 5.41) is 4.40. The van der Waals surface area contributed by atoms with Crippen molar-refractivity contribution in [1.29, 1.82) is 0 Å². The van der Waals surface area contributed by atoms with Crippen LogP contribution < -0.4 is 0 Å². The fourth-order valence-corrected chi connectivity index (χ4v) is 5.44. The third kappa shape index (κ3) is 3.41. The van der Waals surface area contributed by atoms with Crippen LogP contribution in [0.4, 0.5) is 0 Å². The van der Waals surface area contributed by atoms with E-state index in [-0.39, 0.29) is 0 Å².